The highest BCUT2D eigenvalue weighted by Gasteiger charge is 2.50. The van der Waals surface area contributed by atoms with Crippen LogP contribution in [-0.2, 0) is 29.0 Å². The number of amides is 5. The van der Waals surface area contributed by atoms with Crippen LogP contribution in [0.1, 0.15) is 119 Å². The van der Waals surface area contributed by atoms with Crippen LogP contribution in [0, 0.1) is 17.3 Å². The van der Waals surface area contributed by atoms with E-state index in [1.165, 1.54) is 12.2 Å². The van der Waals surface area contributed by atoms with Crippen LogP contribution in [-0.4, -0.2) is 90.1 Å². The van der Waals surface area contributed by atoms with Gasteiger partial charge in [0.1, 0.15) is 18.1 Å². The molecule has 288 valence electrons. The summed E-state index contributed by atoms with van der Waals surface area (Å²) in [6.07, 6.45) is 11.0. The van der Waals surface area contributed by atoms with Crippen LogP contribution in [0.5, 0.6) is 0 Å². The number of carbonyl (C=O) groups excluding carboxylic acids is 5. The van der Waals surface area contributed by atoms with Gasteiger partial charge in [-0.3, -0.25) is 19.2 Å². The van der Waals surface area contributed by atoms with Gasteiger partial charge in [0.2, 0.25) is 17.6 Å². The summed E-state index contributed by atoms with van der Waals surface area (Å²) in [5.74, 6) is -2.67. The number of urea groups is 1. The molecule has 3 fully saturated rings. The van der Waals surface area contributed by atoms with E-state index in [1.807, 2.05) is 20.8 Å². The molecular weight excluding hydrogens is 671 g/mol. The number of likely N-dealkylation sites (tertiary alicyclic amines) is 1. The largest absolute Gasteiger partial charge is 0.346 e. The molecule has 4 atom stereocenters. The van der Waals surface area contributed by atoms with Crippen LogP contribution < -0.4 is 21.3 Å². The van der Waals surface area contributed by atoms with Crippen molar-refractivity contribution in [2.24, 2.45) is 17.3 Å². The molecule has 2 saturated carbocycles. The van der Waals surface area contributed by atoms with E-state index in [0.29, 0.717) is 32.1 Å². The van der Waals surface area contributed by atoms with E-state index < -0.39 is 67.3 Å². The lowest BCUT2D eigenvalue weighted by Gasteiger charge is -2.44. The van der Waals surface area contributed by atoms with Gasteiger partial charge in [0.25, 0.3) is 5.91 Å². The lowest BCUT2D eigenvalue weighted by molar-refractivity contribution is -0.144. The van der Waals surface area contributed by atoms with E-state index in [9.17, 15) is 32.4 Å². The number of carbonyl (C=O) groups is 5. The van der Waals surface area contributed by atoms with Gasteiger partial charge < -0.3 is 26.2 Å². The number of nitrogens with one attached hydrogen (secondary N) is 4. The summed E-state index contributed by atoms with van der Waals surface area (Å²) in [7, 11) is -3.58. The number of Topliss-reactive ketones (excluding diaryl/α,β-unsaturated/α-hetero) is 1. The van der Waals surface area contributed by atoms with E-state index >= 15 is 0 Å². The molecule has 0 spiro atoms. The van der Waals surface area contributed by atoms with E-state index in [1.54, 1.807) is 25.7 Å². The Morgan fingerprint density at radius 3 is 2.02 bits per heavy atom. The van der Waals surface area contributed by atoms with Crippen molar-refractivity contribution in [1.29, 1.82) is 0 Å². The van der Waals surface area contributed by atoms with Crippen molar-refractivity contribution in [1.82, 2.24) is 26.2 Å². The molecule has 5 amide bonds. The highest BCUT2D eigenvalue weighted by atomic mass is 32.2. The minimum atomic E-state index is -3.58. The fourth-order valence-corrected chi connectivity index (χ4v) is 9.31. The zero-order chi connectivity index (χ0) is 38.2. The van der Waals surface area contributed by atoms with Gasteiger partial charge in [0.05, 0.1) is 16.0 Å². The van der Waals surface area contributed by atoms with Gasteiger partial charge in [0.15, 0.2) is 9.84 Å². The zero-order valence-electron chi connectivity index (χ0n) is 31.8. The minimum absolute atomic E-state index is 0.0177. The van der Waals surface area contributed by atoms with Crippen LogP contribution in [0.4, 0.5) is 4.79 Å². The van der Waals surface area contributed by atoms with Crippen LogP contribution in [0.25, 0.3) is 0 Å². The van der Waals surface area contributed by atoms with Crippen LogP contribution in [0.15, 0.2) is 25.3 Å². The average molecular weight is 734 g/mol. The molecule has 12 nitrogen and oxygen atoms in total. The molecule has 1 aliphatic heterocycles. The highest BCUT2D eigenvalue weighted by Crippen LogP contribution is 2.41. The Bertz CT molecular complexity index is 1410. The number of nitrogens with zero attached hydrogens (tertiary/aromatic N) is 1. The van der Waals surface area contributed by atoms with Crippen LogP contribution in [0.3, 0.4) is 0 Å². The van der Waals surface area contributed by atoms with Crippen molar-refractivity contribution < 1.29 is 32.4 Å². The molecule has 51 heavy (non-hydrogen) atoms. The summed E-state index contributed by atoms with van der Waals surface area (Å²) in [4.78, 5) is 69.9. The molecule has 0 radical (unpaired) electrons. The lowest BCUT2D eigenvalue weighted by Crippen LogP contribution is -2.64. The summed E-state index contributed by atoms with van der Waals surface area (Å²) in [5.41, 5.74) is -1.57. The SMILES string of the molecule is C=CCNC(=O)C(=O)C(CC=C)NC(=O)[C@@H]1C[C@@H](C(C)C)CN1C(=O)[C@@H](NC(=O)NC1(CS(=O)(=O)C(C)(C)C)CCCCC1)C1(C)CCCCC1. The molecule has 3 aliphatic rings. The predicted octanol–water partition coefficient (Wildman–Crippen LogP) is 4.35. The molecular formula is C38H63N5O7S. The van der Waals surface area contributed by atoms with E-state index in [0.717, 1.165) is 38.5 Å². The van der Waals surface area contributed by atoms with E-state index in [4.69, 9.17) is 0 Å². The first-order valence-corrected chi connectivity index (χ1v) is 20.4. The Hall–Kier alpha value is -3.22. The number of sulfone groups is 1. The third-order valence-electron chi connectivity index (χ3n) is 11.3. The monoisotopic (exact) mass is 733 g/mol. The topological polar surface area (TPSA) is 171 Å². The second-order valence-corrected chi connectivity index (χ2v) is 19.4. The van der Waals surface area contributed by atoms with Crippen molar-refractivity contribution >= 4 is 39.4 Å². The van der Waals surface area contributed by atoms with Gasteiger partial charge in [-0.1, -0.05) is 71.4 Å². The molecule has 1 heterocycles. The van der Waals surface area contributed by atoms with Gasteiger partial charge in [-0.05, 0) is 76.5 Å². The Labute approximate surface area is 305 Å². The van der Waals surface area contributed by atoms with Gasteiger partial charge in [-0.15, -0.1) is 13.2 Å². The summed E-state index contributed by atoms with van der Waals surface area (Å²) >= 11 is 0. The number of hydrogen-bond donors (Lipinski definition) is 4. The number of hydrogen-bond acceptors (Lipinski definition) is 7. The van der Waals surface area contributed by atoms with Crippen molar-refractivity contribution in [3.63, 3.8) is 0 Å². The standard InChI is InChI=1S/C38H63N5O7S/c1-9-17-28(30(44)33(46)39-22-10-2)40-32(45)29-23-27(26(3)4)24-43(29)34(47)31(37(8)18-13-11-14-19-37)41-35(48)42-38(20-15-12-16-21-38)25-51(49,50)36(5,6)7/h9-10,26-29,31H,1-2,11-25H2,3-8H3,(H,39,46)(H,40,45)(H2,41,42,48)/t27-,28?,29+,31-/m1/s1. The maximum atomic E-state index is 14.8. The molecule has 3 rings (SSSR count). The van der Waals surface area contributed by atoms with E-state index in [-0.39, 0.29) is 43.0 Å². The second-order valence-electron chi connectivity index (χ2n) is 16.7. The van der Waals surface area contributed by atoms with Crippen LogP contribution >= 0.6 is 0 Å². The normalized spacial score (nSPS) is 23.0. The molecule has 1 unspecified atom stereocenters. The fourth-order valence-electron chi connectivity index (χ4n) is 7.79. The zero-order valence-corrected chi connectivity index (χ0v) is 32.6. The first-order chi connectivity index (χ1) is 23.8. The third kappa shape index (κ3) is 10.7. The molecule has 0 bridgehead atoms. The molecule has 0 aromatic carbocycles. The second kappa shape index (κ2) is 17.5. The maximum Gasteiger partial charge on any atom is 0.315 e. The molecule has 2 aliphatic carbocycles. The Balaban J connectivity index is 1.94. The van der Waals surface area contributed by atoms with Gasteiger partial charge in [-0.25, -0.2) is 13.2 Å². The molecule has 0 aromatic rings. The van der Waals surface area contributed by atoms with Crippen molar-refractivity contribution in [2.45, 2.75) is 147 Å². The Kier molecular flexibility index (Phi) is 14.5. The average Bonchev–Trinajstić information content (AvgIpc) is 3.51. The van der Waals surface area contributed by atoms with Crippen molar-refractivity contribution in [2.75, 3.05) is 18.8 Å². The molecule has 4 N–H and O–H groups in total. The highest BCUT2D eigenvalue weighted by molar-refractivity contribution is 7.92. The van der Waals surface area contributed by atoms with E-state index in [2.05, 4.69) is 34.4 Å². The first kappa shape index (κ1) is 42.2. The maximum absolute atomic E-state index is 14.8. The summed E-state index contributed by atoms with van der Waals surface area (Å²) in [6.45, 7) is 18.7. The summed E-state index contributed by atoms with van der Waals surface area (Å²) in [5, 5.41) is 11.3. The minimum Gasteiger partial charge on any atom is -0.346 e. The third-order valence-corrected chi connectivity index (χ3v) is 14.1. The fraction of sp³-hybridized carbons (Fsp3) is 0.763. The Morgan fingerprint density at radius 2 is 1.49 bits per heavy atom. The quantitative estimate of drug-likeness (QED) is 0.143. The van der Waals surface area contributed by atoms with Crippen molar-refractivity contribution in [3.05, 3.63) is 25.3 Å². The lowest BCUT2D eigenvalue weighted by atomic mass is 9.70. The summed E-state index contributed by atoms with van der Waals surface area (Å²) < 4.78 is 25.8. The molecule has 0 aromatic heterocycles. The molecule has 13 heteroatoms. The Morgan fingerprint density at radius 1 is 0.902 bits per heavy atom. The van der Waals surface area contributed by atoms with Crippen molar-refractivity contribution in [3.8, 4) is 0 Å². The van der Waals surface area contributed by atoms with Gasteiger partial charge in [0, 0.05) is 13.1 Å². The molecule has 1 saturated heterocycles. The van der Waals surface area contributed by atoms with Gasteiger partial charge >= 0.3 is 6.03 Å². The van der Waals surface area contributed by atoms with Crippen LogP contribution in [0.2, 0.25) is 0 Å². The first-order valence-electron chi connectivity index (χ1n) is 18.8. The number of rotatable bonds is 15. The predicted molar refractivity (Wildman–Crippen MR) is 199 cm³/mol. The number of ketones is 1. The summed E-state index contributed by atoms with van der Waals surface area (Å²) in [6, 6.07) is -3.66. The van der Waals surface area contributed by atoms with Gasteiger partial charge in [-0.2, -0.15) is 0 Å². The smallest absolute Gasteiger partial charge is 0.315 e.